The van der Waals surface area contributed by atoms with Crippen molar-refractivity contribution in [3.8, 4) is 33.6 Å². The normalized spacial score (nSPS) is 19.4. The van der Waals surface area contributed by atoms with Crippen LogP contribution in [0.15, 0.2) is 91.3 Å². The van der Waals surface area contributed by atoms with E-state index in [1.807, 2.05) is 24.4 Å². The lowest BCUT2D eigenvalue weighted by atomic mass is 9.86. The molecular weight excluding hydrogens is 691 g/mol. The number of likely N-dealkylation sites (tertiary alicyclic amines) is 2. The standard InChI is InChI=1S/C44H49N7O4/c1-49(44(54)55)40(34-12-6-3-7-13-34)43(53)51-25-9-15-38(51)42-46-28-36(48-42)33-22-18-31(19-23-33)30-16-20-32(21-17-30)35-27-45-41(47-35)37-14-8-24-50(37)39(52)26-29-10-4-2-5-11-29/h3,6-7,12-13,16-23,27-29,37-38,40H,2,4-5,8-11,14-15,24-26H2,1H3,(H,45,47)(H,46,48)(H,54,55)/t37-,38-,40+/m0/s1. The number of likely N-dealkylation sites (N-methyl/N-ethyl adjacent to an activating group) is 1. The van der Waals surface area contributed by atoms with Gasteiger partial charge in [-0.1, -0.05) is 98.1 Å². The van der Waals surface area contributed by atoms with E-state index in [1.165, 1.54) is 39.2 Å². The molecule has 3 amide bonds. The van der Waals surface area contributed by atoms with Gasteiger partial charge in [0.2, 0.25) is 5.91 Å². The Balaban J connectivity index is 0.919. The summed E-state index contributed by atoms with van der Waals surface area (Å²) in [7, 11) is 1.44. The Kier molecular flexibility index (Phi) is 10.5. The molecular formula is C44H49N7O4. The van der Waals surface area contributed by atoms with Gasteiger partial charge in [0.25, 0.3) is 5.91 Å². The van der Waals surface area contributed by atoms with Crippen LogP contribution in [0.2, 0.25) is 0 Å². The van der Waals surface area contributed by atoms with Gasteiger partial charge in [-0.2, -0.15) is 0 Å². The molecule has 4 heterocycles. The van der Waals surface area contributed by atoms with Crippen molar-refractivity contribution in [2.45, 2.75) is 82.3 Å². The summed E-state index contributed by atoms with van der Waals surface area (Å²) in [6.45, 7) is 1.34. The largest absolute Gasteiger partial charge is 0.465 e. The third-order valence-corrected chi connectivity index (χ3v) is 11.9. The summed E-state index contributed by atoms with van der Waals surface area (Å²) in [6.07, 6.45) is 12.9. The highest BCUT2D eigenvalue weighted by atomic mass is 16.4. The first-order valence-electron chi connectivity index (χ1n) is 19.8. The number of carboxylic acid groups (broad SMARTS) is 1. The van der Waals surface area contributed by atoms with Crippen LogP contribution in [-0.2, 0) is 9.59 Å². The molecule has 0 bridgehead atoms. The number of aromatic nitrogens is 4. The van der Waals surface area contributed by atoms with E-state index < -0.39 is 12.1 Å². The first-order valence-corrected chi connectivity index (χ1v) is 19.8. The molecule has 0 radical (unpaired) electrons. The zero-order chi connectivity index (χ0) is 37.9. The second kappa shape index (κ2) is 15.9. The number of nitrogens with one attached hydrogen (secondary N) is 2. The molecule has 2 aromatic heterocycles. The number of carbonyl (C=O) groups is 3. The fourth-order valence-electron chi connectivity index (χ4n) is 8.84. The van der Waals surface area contributed by atoms with E-state index in [0.29, 0.717) is 30.3 Å². The molecule has 284 valence electrons. The number of aromatic amines is 2. The monoisotopic (exact) mass is 739 g/mol. The molecule has 55 heavy (non-hydrogen) atoms. The molecule has 11 heteroatoms. The van der Waals surface area contributed by atoms with E-state index >= 15 is 0 Å². The van der Waals surface area contributed by atoms with Gasteiger partial charge in [-0.3, -0.25) is 14.5 Å². The maximum absolute atomic E-state index is 13.9. The molecule has 1 saturated carbocycles. The summed E-state index contributed by atoms with van der Waals surface area (Å²) in [5.74, 6) is 2.13. The number of H-pyrrole nitrogens is 2. The first kappa shape index (κ1) is 36.3. The van der Waals surface area contributed by atoms with Crippen LogP contribution in [-0.4, -0.2) is 77.8 Å². The van der Waals surface area contributed by atoms with Crippen molar-refractivity contribution in [3.63, 3.8) is 0 Å². The van der Waals surface area contributed by atoms with Crippen molar-refractivity contribution in [2.75, 3.05) is 20.1 Å². The van der Waals surface area contributed by atoms with Crippen LogP contribution in [0.25, 0.3) is 33.6 Å². The number of hydrogen-bond acceptors (Lipinski definition) is 5. The minimum absolute atomic E-state index is 0.0194. The summed E-state index contributed by atoms with van der Waals surface area (Å²) in [5, 5.41) is 9.79. The zero-order valence-corrected chi connectivity index (χ0v) is 31.4. The van der Waals surface area contributed by atoms with Gasteiger partial charge in [0.15, 0.2) is 0 Å². The van der Waals surface area contributed by atoms with E-state index in [9.17, 15) is 19.5 Å². The van der Waals surface area contributed by atoms with Crippen LogP contribution >= 0.6 is 0 Å². The Hall–Kier alpha value is -5.71. The number of hydrogen-bond donors (Lipinski definition) is 3. The minimum atomic E-state index is -1.16. The Bertz CT molecular complexity index is 2100. The van der Waals surface area contributed by atoms with Gasteiger partial charge in [-0.25, -0.2) is 14.8 Å². The van der Waals surface area contributed by atoms with Crippen LogP contribution in [0.1, 0.15) is 99.5 Å². The van der Waals surface area contributed by atoms with Crippen molar-refractivity contribution < 1.29 is 19.5 Å². The average Bonchev–Trinajstić information content (AvgIpc) is 4.06. The highest BCUT2D eigenvalue weighted by Crippen LogP contribution is 2.37. The number of amides is 3. The molecule has 3 aromatic carbocycles. The van der Waals surface area contributed by atoms with E-state index in [0.717, 1.165) is 76.6 Å². The van der Waals surface area contributed by atoms with Gasteiger partial charge in [0, 0.05) is 26.6 Å². The third-order valence-electron chi connectivity index (χ3n) is 11.9. The van der Waals surface area contributed by atoms with E-state index in [-0.39, 0.29) is 23.9 Å². The molecule has 8 rings (SSSR count). The van der Waals surface area contributed by atoms with Crippen molar-refractivity contribution >= 4 is 17.9 Å². The van der Waals surface area contributed by atoms with Crippen molar-refractivity contribution in [1.29, 1.82) is 0 Å². The van der Waals surface area contributed by atoms with Gasteiger partial charge < -0.3 is 24.9 Å². The molecule has 2 saturated heterocycles. The van der Waals surface area contributed by atoms with Crippen LogP contribution in [0.4, 0.5) is 4.79 Å². The molecule has 0 spiro atoms. The fourth-order valence-corrected chi connectivity index (χ4v) is 8.84. The fraction of sp³-hybridized carbons (Fsp3) is 0.386. The summed E-state index contributed by atoms with van der Waals surface area (Å²) >= 11 is 0. The van der Waals surface area contributed by atoms with Crippen molar-refractivity contribution in [1.82, 2.24) is 34.6 Å². The molecule has 2 aliphatic heterocycles. The Labute approximate surface area is 321 Å². The second-order valence-corrected chi connectivity index (χ2v) is 15.4. The minimum Gasteiger partial charge on any atom is -0.465 e. The number of benzene rings is 3. The Morgan fingerprint density at radius 3 is 1.75 bits per heavy atom. The van der Waals surface area contributed by atoms with Crippen LogP contribution < -0.4 is 0 Å². The maximum atomic E-state index is 13.9. The zero-order valence-electron chi connectivity index (χ0n) is 31.4. The number of rotatable bonds is 10. The molecule has 3 aliphatic rings. The molecule has 3 fully saturated rings. The van der Waals surface area contributed by atoms with Crippen LogP contribution in [0.5, 0.6) is 0 Å². The van der Waals surface area contributed by atoms with E-state index in [4.69, 9.17) is 9.97 Å². The highest BCUT2D eigenvalue weighted by Gasteiger charge is 2.39. The molecule has 3 atom stereocenters. The number of carbonyl (C=O) groups excluding carboxylic acids is 2. The second-order valence-electron chi connectivity index (χ2n) is 15.4. The molecule has 1 aliphatic carbocycles. The number of imidazole rings is 2. The first-order chi connectivity index (χ1) is 26.8. The molecule has 3 N–H and O–H groups in total. The van der Waals surface area contributed by atoms with Gasteiger partial charge >= 0.3 is 6.09 Å². The van der Waals surface area contributed by atoms with E-state index in [1.54, 1.807) is 23.2 Å². The molecule has 11 nitrogen and oxygen atoms in total. The summed E-state index contributed by atoms with van der Waals surface area (Å²) < 4.78 is 0. The quantitative estimate of drug-likeness (QED) is 0.131. The SMILES string of the molecule is CN(C(=O)O)[C@@H](C(=O)N1CCC[C@H]1c1ncc(-c2ccc(-c3ccc(-c4cnc([C@@H]5CCCN5C(=O)CC5CCCCC5)[nH]4)cc3)cc2)[nH]1)c1ccccc1. The molecule has 5 aromatic rings. The van der Waals surface area contributed by atoms with Gasteiger partial charge in [0.05, 0.1) is 35.9 Å². The molecule has 0 unspecified atom stereocenters. The highest BCUT2D eigenvalue weighted by molar-refractivity contribution is 5.87. The van der Waals surface area contributed by atoms with Gasteiger partial charge in [-0.15, -0.1) is 0 Å². The van der Waals surface area contributed by atoms with Crippen molar-refractivity contribution in [3.05, 3.63) is 108 Å². The maximum Gasteiger partial charge on any atom is 0.407 e. The smallest absolute Gasteiger partial charge is 0.407 e. The Morgan fingerprint density at radius 2 is 1.20 bits per heavy atom. The predicted octanol–water partition coefficient (Wildman–Crippen LogP) is 8.78. The predicted molar refractivity (Wildman–Crippen MR) is 211 cm³/mol. The summed E-state index contributed by atoms with van der Waals surface area (Å²) in [4.78, 5) is 60.5. The Morgan fingerprint density at radius 1 is 0.691 bits per heavy atom. The lowest BCUT2D eigenvalue weighted by Crippen LogP contribution is -2.43. The number of nitrogens with zero attached hydrogens (tertiary/aromatic N) is 5. The van der Waals surface area contributed by atoms with Crippen LogP contribution in [0.3, 0.4) is 0 Å². The summed E-state index contributed by atoms with van der Waals surface area (Å²) in [6, 6.07) is 24.6. The van der Waals surface area contributed by atoms with Crippen LogP contribution in [0, 0.1) is 5.92 Å². The third kappa shape index (κ3) is 7.65. The van der Waals surface area contributed by atoms with Gasteiger partial charge in [-0.05, 0) is 72.3 Å². The van der Waals surface area contributed by atoms with E-state index in [2.05, 4.69) is 63.4 Å². The van der Waals surface area contributed by atoms with Gasteiger partial charge in [0.1, 0.15) is 17.7 Å². The summed E-state index contributed by atoms with van der Waals surface area (Å²) in [5.41, 5.74) is 6.64. The lowest BCUT2D eigenvalue weighted by molar-refractivity contribution is -0.137. The lowest BCUT2D eigenvalue weighted by Gasteiger charge is -2.32. The average molecular weight is 740 g/mol. The van der Waals surface area contributed by atoms with Crippen molar-refractivity contribution in [2.24, 2.45) is 5.92 Å². The topological polar surface area (TPSA) is 139 Å².